The van der Waals surface area contributed by atoms with Crippen molar-refractivity contribution in [3.05, 3.63) is 39.7 Å². The standard InChI is InChI=1S/C25H28F3N3O6/c1-24(2,3)37-23(35)29-10-25-11-30(8-12(25)4-5-36-25)20-16(27)6-13-19(18(20)28)31(17-7-15(17)26)9-14(21(13)32)22(33)34/h6,9,12,15,17H,4-5,7-8,10-11H2,1-3H3,(H,29,35)(H,33,34). The van der Waals surface area contributed by atoms with E-state index in [0.717, 1.165) is 16.8 Å². The molecule has 1 aromatic heterocycles. The smallest absolute Gasteiger partial charge is 0.407 e. The third-order valence-electron chi connectivity index (χ3n) is 7.20. The number of aromatic carboxylic acids is 1. The van der Waals surface area contributed by atoms with Gasteiger partial charge in [-0.2, -0.15) is 0 Å². The zero-order chi connectivity index (χ0) is 26.9. The molecule has 1 aliphatic carbocycles. The first kappa shape index (κ1) is 25.4. The molecule has 2 aliphatic heterocycles. The number of nitrogens with one attached hydrogen (secondary N) is 1. The van der Waals surface area contributed by atoms with Gasteiger partial charge in [0.1, 0.15) is 34.4 Å². The fourth-order valence-electron chi connectivity index (χ4n) is 5.40. The lowest BCUT2D eigenvalue weighted by Gasteiger charge is -2.30. The van der Waals surface area contributed by atoms with Crippen LogP contribution < -0.4 is 15.6 Å². The van der Waals surface area contributed by atoms with Crippen molar-refractivity contribution in [3.8, 4) is 0 Å². The molecule has 3 heterocycles. The summed E-state index contributed by atoms with van der Waals surface area (Å²) in [4.78, 5) is 38.0. The molecule has 37 heavy (non-hydrogen) atoms. The van der Waals surface area contributed by atoms with Crippen LogP contribution in [0.1, 0.15) is 50.0 Å². The Morgan fingerprint density at radius 3 is 2.65 bits per heavy atom. The third-order valence-corrected chi connectivity index (χ3v) is 7.20. The second kappa shape index (κ2) is 8.64. The summed E-state index contributed by atoms with van der Waals surface area (Å²) < 4.78 is 57.8. The van der Waals surface area contributed by atoms with E-state index >= 15 is 8.78 Å². The van der Waals surface area contributed by atoms with Crippen molar-refractivity contribution < 1.29 is 37.3 Å². The van der Waals surface area contributed by atoms with Crippen LogP contribution >= 0.6 is 0 Å². The number of carboxylic acid groups (broad SMARTS) is 1. The summed E-state index contributed by atoms with van der Waals surface area (Å²) in [5, 5.41) is 11.6. The van der Waals surface area contributed by atoms with Crippen molar-refractivity contribution in [2.24, 2.45) is 5.92 Å². The zero-order valence-corrected chi connectivity index (χ0v) is 20.6. The Morgan fingerprint density at radius 2 is 2.03 bits per heavy atom. The number of carbonyl (C=O) groups is 2. The maximum Gasteiger partial charge on any atom is 0.407 e. The number of aromatic nitrogens is 1. The number of halogens is 3. The number of ether oxygens (including phenoxy) is 2. The summed E-state index contributed by atoms with van der Waals surface area (Å²) in [7, 11) is 0. The highest BCUT2D eigenvalue weighted by molar-refractivity contribution is 5.94. The van der Waals surface area contributed by atoms with Crippen molar-refractivity contribution in [1.82, 2.24) is 9.88 Å². The molecule has 4 unspecified atom stereocenters. The number of anilines is 1. The predicted molar refractivity (Wildman–Crippen MR) is 127 cm³/mol. The number of hydrogen-bond acceptors (Lipinski definition) is 6. The van der Waals surface area contributed by atoms with Gasteiger partial charge < -0.3 is 29.4 Å². The molecule has 2 saturated heterocycles. The highest BCUT2D eigenvalue weighted by atomic mass is 19.1. The molecular weight excluding hydrogens is 495 g/mol. The minimum absolute atomic E-state index is 0.0300. The van der Waals surface area contributed by atoms with Crippen LogP contribution in [0.2, 0.25) is 0 Å². The van der Waals surface area contributed by atoms with Crippen LogP contribution in [0, 0.1) is 17.6 Å². The molecule has 5 rings (SSSR count). The van der Waals surface area contributed by atoms with Gasteiger partial charge in [0, 0.05) is 38.2 Å². The highest BCUT2D eigenvalue weighted by Gasteiger charge is 2.52. The normalized spacial score (nSPS) is 26.9. The summed E-state index contributed by atoms with van der Waals surface area (Å²) in [5.41, 5.74) is -4.08. The molecule has 4 atom stereocenters. The van der Waals surface area contributed by atoms with Crippen LogP contribution in [-0.4, -0.2) is 65.4 Å². The Balaban J connectivity index is 1.52. The fourth-order valence-corrected chi connectivity index (χ4v) is 5.40. The molecule has 12 heteroatoms. The number of alkyl halides is 1. The molecule has 0 radical (unpaired) electrons. The van der Waals surface area contributed by atoms with Crippen LogP contribution in [0.15, 0.2) is 17.1 Å². The number of pyridine rings is 1. The minimum atomic E-state index is -1.56. The quantitative estimate of drug-likeness (QED) is 0.618. The lowest BCUT2D eigenvalue weighted by atomic mass is 9.91. The van der Waals surface area contributed by atoms with Crippen LogP contribution in [0.25, 0.3) is 10.9 Å². The second-order valence-corrected chi connectivity index (χ2v) is 11.0. The van der Waals surface area contributed by atoms with Crippen molar-refractivity contribution in [2.75, 3.05) is 31.1 Å². The van der Waals surface area contributed by atoms with E-state index in [2.05, 4.69) is 5.32 Å². The van der Waals surface area contributed by atoms with E-state index in [9.17, 15) is 23.9 Å². The van der Waals surface area contributed by atoms with Gasteiger partial charge >= 0.3 is 12.1 Å². The monoisotopic (exact) mass is 523 g/mol. The number of rotatable bonds is 5. The Bertz CT molecular complexity index is 1360. The number of alkyl carbamates (subject to hydrolysis) is 1. The van der Waals surface area contributed by atoms with Gasteiger partial charge in [-0.1, -0.05) is 0 Å². The maximum atomic E-state index is 16.0. The van der Waals surface area contributed by atoms with Crippen LogP contribution in [-0.2, 0) is 9.47 Å². The lowest BCUT2D eigenvalue weighted by Crippen LogP contribution is -2.49. The fraction of sp³-hybridized carbons (Fsp3) is 0.560. The van der Waals surface area contributed by atoms with Crippen molar-refractivity contribution in [3.63, 3.8) is 0 Å². The van der Waals surface area contributed by atoms with Gasteiger partial charge in [0.2, 0.25) is 5.43 Å². The van der Waals surface area contributed by atoms with Crippen LogP contribution in [0.5, 0.6) is 0 Å². The maximum absolute atomic E-state index is 16.0. The summed E-state index contributed by atoms with van der Waals surface area (Å²) in [6, 6.07) is -0.0328. The number of benzene rings is 1. The molecule has 0 bridgehead atoms. The molecule has 9 nitrogen and oxygen atoms in total. The summed E-state index contributed by atoms with van der Waals surface area (Å²) >= 11 is 0. The van der Waals surface area contributed by atoms with E-state index < -0.39 is 69.2 Å². The predicted octanol–water partition coefficient (Wildman–Crippen LogP) is 3.38. The van der Waals surface area contributed by atoms with Gasteiger partial charge in [-0.15, -0.1) is 0 Å². The number of carbonyl (C=O) groups excluding carboxylic acids is 1. The molecule has 1 amide bonds. The van der Waals surface area contributed by atoms with E-state index in [1.165, 1.54) is 4.90 Å². The highest BCUT2D eigenvalue weighted by Crippen LogP contribution is 2.45. The van der Waals surface area contributed by atoms with E-state index in [0.29, 0.717) is 13.0 Å². The first-order chi connectivity index (χ1) is 17.3. The van der Waals surface area contributed by atoms with E-state index in [4.69, 9.17) is 9.47 Å². The van der Waals surface area contributed by atoms with Gasteiger partial charge in [-0.25, -0.2) is 22.8 Å². The molecule has 1 saturated carbocycles. The lowest BCUT2D eigenvalue weighted by molar-refractivity contribution is -0.000290. The molecule has 1 aromatic carbocycles. The number of nitrogens with zero attached hydrogens (tertiary/aromatic N) is 2. The molecule has 200 valence electrons. The topological polar surface area (TPSA) is 110 Å². The van der Waals surface area contributed by atoms with Crippen molar-refractivity contribution >= 4 is 28.7 Å². The van der Waals surface area contributed by atoms with Crippen molar-refractivity contribution in [2.45, 2.75) is 57.0 Å². The number of fused-ring (bicyclic) bond motifs is 2. The van der Waals surface area contributed by atoms with E-state index in [1.54, 1.807) is 20.8 Å². The Labute approximate surface area is 210 Å². The summed E-state index contributed by atoms with van der Waals surface area (Å²) in [6.45, 7) is 5.96. The Kier molecular flexibility index (Phi) is 5.93. The molecule has 0 spiro atoms. The van der Waals surface area contributed by atoms with E-state index in [-0.39, 0.29) is 37.5 Å². The van der Waals surface area contributed by atoms with Gasteiger partial charge in [-0.05, 0) is 33.3 Å². The summed E-state index contributed by atoms with van der Waals surface area (Å²) in [6.07, 6.45) is -0.400. The average molecular weight is 524 g/mol. The van der Waals surface area contributed by atoms with Crippen LogP contribution in [0.4, 0.5) is 23.7 Å². The SMILES string of the molecule is CC(C)(C)OC(=O)NCC12CN(c3c(F)cc4c(=O)c(C(=O)O)cn(C5CC5F)c4c3F)CC1CCO2. The first-order valence-electron chi connectivity index (χ1n) is 12.1. The minimum Gasteiger partial charge on any atom is -0.477 e. The van der Waals surface area contributed by atoms with Gasteiger partial charge in [0.25, 0.3) is 0 Å². The molecular formula is C25H28F3N3O6. The molecule has 2 N–H and O–H groups in total. The number of amides is 1. The first-order valence-corrected chi connectivity index (χ1v) is 12.1. The van der Waals surface area contributed by atoms with Crippen molar-refractivity contribution in [1.29, 1.82) is 0 Å². The third kappa shape index (κ3) is 4.41. The number of carboxylic acids is 1. The molecule has 3 fully saturated rings. The number of hydrogen-bond donors (Lipinski definition) is 2. The summed E-state index contributed by atoms with van der Waals surface area (Å²) in [5.74, 6) is -3.82. The largest absolute Gasteiger partial charge is 0.477 e. The molecule has 3 aliphatic rings. The van der Waals surface area contributed by atoms with Gasteiger partial charge in [-0.3, -0.25) is 4.79 Å². The van der Waals surface area contributed by atoms with E-state index in [1.807, 2.05) is 0 Å². The second-order valence-electron chi connectivity index (χ2n) is 11.0. The van der Waals surface area contributed by atoms with Gasteiger partial charge in [0.05, 0.1) is 23.5 Å². The average Bonchev–Trinajstić information content (AvgIpc) is 3.22. The van der Waals surface area contributed by atoms with Gasteiger partial charge in [0.15, 0.2) is 5.82 Å². The Morgan fingerprint density at radius 1 is 1.32 bits per heavy atom. The molecule has 2 aromatic rings. The van der Waals surface area contributed by atoms with Crippen LogP contribution in [0.3, 0.4) is 0 Å². The zero-order valence-electron chi connectivity index (χ0n) is 20.6. The Hall–Kier alpha value is -3.28.